The number of nitrogens with zero attached hydrogens (tertiary/aromatic N) is 1. The molecule has 1 aromatic rings. The Bertz CT molecular complexity index is 852. The highest BCUT2D eigenvalue weighted by Crippen LogP contribution is 2.31. The quantitative estimate of drug-likeness (QED) is 0.596. The van der Waals surface area contributed by atoms with Crippen LogP contribution in [0.4, 0.5) is 4.79 Å². The van der Waals surface area contributed by atoms with Crippen molar-refractivity contribution in [3.8, 4) is 0 Å². The fourth-order valence-electron chi connectivity index (χ4n) is 3.73. The summed E-state index contributed by atoms with van der Waals surface area (Å²) >= 11 is 3.73. The van der Waals surface area contributed by atoms with Gasteiger partial charge in [0.1, 0.15) is 5.60 Å². The number of halogens is 1. The van der Waals surface area contributed by atoms with E-state index in [1.54, 1.807) is 4.90 Å². The first-order chi connectivity index (χ1) is 14.1. The van der Waals surface area contributed by atoms with E-state index in [0.29, 0.717) is 24.3 Å². The molecule has 6 heteroatoms. The number of alkyl halides is 1. The Hall–Kier alpha value is -2.08. The van der Waals surface area contributed by atoms with Crippen molar-refractivity contribution in [3.05, 3.63) is 53.1 Å². The normalized spacial score (nSPS) is 21.6. The molecule has 1 N–H and O–H groups in total. The number of carbonyl (C=O) groups excluding carboxylic acids is 2. The first-order valence-corrected chi connectivity index (χ1v) is 11.4. The van der Waals surface area contributed by atoms with Crippen LogP contribution in [0.1, 0.15) is 58.1 Å². The average Bonchev–Trinajstić information content (AvgIpc) is 3.08. The highest BCUT2D eigenvalue weighted by Gasteiger charge is 2.28. The lowest BCUT2D eigenvalue weighted by molar-refractivity contribution is -0.119. The molecule has 1 saturated heterocycles. The van der Waals surface area contributed by atoms with E-state index >= 15 is 0 Å². The second-order valence-corrected chi connectivity index (χ2v) is 10.2. The highest BCUT2D eigenvalue weighted by molar-refractivity contribution is 9.09. The van der Waals surface area contributed by atoms with Gasteiger partial charge in [-0.3, -0.25) is 4.79 Å². The maximum Gasteiger partial charge on any atom is 0.410 e. The second-order valence-electron chi connectivity index (χ2n) is 9.06. The van der Waals surface area contributed by atoms with Crippen molar-refractivity contribution in [2.24, 2.45) is 0 Å². The van der Waals surface area contributed by atoms with E-state index in [0.717, 1.165) is 18.4 Å². The molecule has 0 radical (unpaired) electrons. The summed E-state index contributed by atoms with van der Waals surface area (Å²) in [4.78, 5) is 26.4. The zero-order valence-electron chi connectivity index (χ0n) is 18.2. The summed E-state index contributed by atoms with van der Waals surface area (Å²) in [6.07, 6.45) is 6.27. The summed E-state index contributed by atoms with van der Waals surface area (Å²) < 4.78 is 5.61. The molecular weight excluding hydrogens is 444 g/mol. The number of benzene rings is 1. The van der Waals surface area contributed by atoms with E-state index in [2.05, 4.69) is 64.6 Å². The lowest BCUT2D eigenvalue weighted by Crippen LogP contribution is -2.43. The predicted molar refractivity (Wildman–Crippen MR) is 123 cm³/mol. The van der Waals surface area contributed by atoms with Crippen LogP contribution in [-0.2, 0) is 16.1 Å². The molecule has 3 rings (SSSR count). The predicted octanol–water partition coefficient (Wildman–Crippen LogP) is 5.20. The summed E-state index contributed by atoms with van der Waals surface area (Å²) in [6.45, 7) is 8.63. The van der Waals surface area contributed by atoms with Gasteiger partial charge in [0.15, 0.2) is 0 Å². The summed E-state index contributed by atoms with van der Waals surface area (Å²) in [6, 6.07) is 8.31. The smallest absolute Gasteiger partial charge is 0.410 e. The number of hydrogen-bond acceptors (Lipinski definition) is 3. The molecule has 0 saturated carbocycles. The van der Waals surface area contributed by atoms with Crippen molar-refractivity contribution in [1.82, 2.24) is 10.2 Å². The van der Waals surface area contributed by atoms with Gasteiger partial charge in [-0.2, -0.15) is 0 Å². The van der Waals surface area contributed by atoms with Gasteiger partial charge in [0.25, 0.3) is 0 Å². The largest absolute Gasteiger partial charge is 0.444 e. The molecular formula is C24H31BrN2O3. The van der Waals surface area contributed by atoms with E-state index in [-0.39, 0.29) is 18.0 Å². The van der Waals surface area contributed by atoms with E-state index < -0.39 is 5.60 Å². The second kappa shape index (κ2) is 9.38. The topological polar surface area (TPSA) is 58.6 Å². The van der Waals surface area contributed by atoms with Crippen molar-refractivity contribution in [3.63, 3.8) is 0 Å². The minimum atomic E-state index is -0.568. The Balaban J connectivity index is 1.74. The molecule has 1 unspecified atom stereocenters. The Morgan fingerprint density at radius 3 is 2.57 bits per heavy atom. The van der Waals surface area contributed by atoms with Crippen molar-refractivity contribution in [2.45, 2.75) is 70.0 Å². The maximum absolute atomic E-state index is 12.8. The van der Waals surface area contributed by atoms with Crippen LogP contribution < -0.4 is 5.32 Å². The average molecular weight is 475 g/mol. The molecule has 0 aromatic heterocycles. The number of carbonyl (C=O) groups is 2. The van der Waals surface area contributed by atoms with Gasteiger partial charge < -0.3 is 15.0 Å². The molecule has 1 aliphatic carbocycles. The number of amides is 2. The minimum Gasteiger partial charge on any atom is -0.444 e. The lowest BCUT2D eigenvalue weighted by atomic mass is 9.93. The maximum atomic E-state index is 12.8. The molecule has 1 heterocycles. The van der Waals surface area contributed by atoms with Crippen LogP contribution >= 0.6 is 15.9 Å². The standard InChI is InChI=1S/C24H31BrN2O3/c1-16-20(6-5-7-21(16)25)18-10-8-17(9-11-18)14-27(23(29)30-24(2,3)4)15-19-12-13-22(28)26-19/h5-6,8-11,19,21H,7,12-15H2,1-4H3,(H,26,28)/t19-,21?/m0/s1. The monoisotopic (exact) mass is 474 g/mol. The van der Waals surface area contributed by atoms with Gasteiger partial charge in [0.2, 0.25) is 5.91 Å². The van der Waals surface area contributed by atoms with Gasteiger partial charge in [-0.25, -0.2) is 4.79 Å². The third-order valence-electron chi connectivity index (χ3n) is 5.34. The van der Waals surface area contributed by atoms with Gasteiger partial charge in [0, 0.05) is 30.4 Å². The third-order valence-corrected chi connectivity index (χ3v) is 6.40. The Morgan fingerprint density at radius 1 is 1.27 bits per heavy atom. The van der Waals surface area contributed by atoms with Crippen LogP contribution in [-0.4, -0.2) is 39.9 Å². The Morgan fingerprint density at radius 2 is 1.97 bits per heavy atom. The van der Waals surface area contributed by atoms with E-state index in [4.69, 9.17) is 4.74 Å². The van der Waals surface area contributed by atoms with Gasteiger partial charge in [-0.05, 0) is 57.2 Å². The zero-order chi connectivity index (χ0) is 21.9. The van der Waals surface area contributed by atoms with Gasteiger partial charge in [-0.15, -0.1) is 0 Å². The number of allylic oxidation sites excluding steroid dienone is 4. The highest BCUT2D eigenvalue weighted by atomic mass is 79.9. The van der Waals surface area contributed by atoms with Crippen LogP contribution in [0, 0.1) is 0 Å². The fraction of sp³-hybridized carbons (Fsp3) is 0.500. The molecule has 2 atom stereocenters. The Kier molecular flexibility index (Phi) is 7.06. The van der Waals surface area contributed by atoms with Crippen LogP contribution in [0.3, 0.4) is 0 Å². The van der Waals surface area contributed by atoms with Gasteiger partial charge in [-0.1, -0.05) is 57.9 Å². The fourth-order valence-corrected chi connectivity index (χ4v) is 4.19. The molecule has 1 aliphatic heterocycles. The zero-order valence-corrected chi connectivity index (χ0v) is 19.8. The first kappa shape index (κ1) is 22.6. The molecule has 2 amide bonds. The summed E-state index contributed by atoms with van der Waals surface area (Å²) in [7, 11) is 0. The van der Waals surface area contributed by atoms with Crippen LogP contribution in [0.5, 0.6) is 0 Å². The van der Waals surface area contributed by atoms with Gasteiger partial charge in [0.05, 0.1) is 0 Å². The number of hydrogen-bond donors (Lipinski definition) is 1. The van der Waals surface area contributed by atoms with E-state index in [1.807, 2.05) is 20.8 Å². The summed E-state index contributed by atoms with van der Waals surface area (Å²) in [5, 5.41) is 2.94. The molecule has 0 spiro atoms. The van der Waals surface area contributed by atoms with Gasteiger partial charge >= 0.3 is 6.09 Å². The summed E-state index contributed by atoms with van der Waals surface area (Å²) in [5.41, 5.74) is 4.21. The molecule has 1 aromatic carbocycles. The van der Waals surface area contributed by atoms with Crippen LogP contribution in [0.2, 0.25) is 0 Å². The van der Waals surface area contributed by atoms with Crippen molar-refractivity contribution < 1.29 is 14.3 Å². The van der Waals surface area contributed by atoms with Crippen LogP contribution in [0.25, 0.3) is 5.57 Å². The molecule has 2 aliphatic rings. The SMILES string of the molecule is CC1=C(c2ccc(CN(C[C@@H]3CCC(=O)N3)C(=O)OC(C)(C)C)cc2)C=CCC1Br. The first-order valence-electron chi connectivity index (χ1n) is 10.5. The van der Waals surface area contributed by atoms with Crippen molar-refractivity contribution in [2.75, 3.05) is 6.54 Å². The molecule has 30 heavy (non-hydrogen) atoms. The van der Waals surface area contributed by atoms with Crippen molar-refractivity contribution >= 4 is 33.5 Å². The number of nitrogens with one attached hydrogen (secondary N) is 1. The molecule has 1 fully saturated rings. The van der Waals surface area contributed by atoms with E-state index in [9.17, 15) is 9.59 Å². The number of ether oxygens (including phenoxy) is 1. The molecule has 5 nitrogen and oxygen atoms in total. The number of rotatable bonds is 5. The Labute approximate surface area is 187 Å². The molecule has 162 valence electrons. The summed E-state index contributed by atoms with van der Waals surface area (Å²) in [5.74, 6) is 0.0442. The third kappa shape index (κ3) is 5.97. The van der Waals surface area contributed by atoms with Crippen LogP contribution in [0.15, 0.2) is 42.0 Å². The van der Waals surface area contributed by atoms with Crippen molar-refractivity contribution in [1.29, 1.82) is 0 Å². The van der Waals surface area contributed by atoms with E-state index in [1.165, 1.54) is 16.7 Å². The molecule has 0 bridgehead atoms. The minimum absolute atomic E-state index is 0.0275. The lowest BCUT2D eigenvalue weighted by Gasteiger charge is -2.29.